The molecular weight excluding hydrogens is 234 g/mol. The van der Waals surface area contributed by atoms with Crippen molar-refractivity contribution in [3.8, 4) is 0 Å². The van der Waals surface area contributed by atoms with Crippen LogP contribution in [0, 0.1) is 0 Å². The van der Waals surface area contributed by atoms with Gasteiger partial charge in [-0.3, -0.25) is 5.01 Å². The van der Waals surface area contributed by atoms with E-state index in [0.717, 1.165) is 38.9 Å². The lowest BCUT2D eigenvalue weighted by atomic mass is 10.2. The maximum absolute atomic E-state index is 4.64. The van der Waals surface area contributed by atoms with Gasteiger partial charge in [0, 0.05) is 19.6 Å². The second-order valence-electron chi connectivity index (χ2n) is 4.85. The average molecular weight is 257 g/mol. The monoisotopic (exact) mass is 257 g/mol. The number of hydrogen-bond acceptors (Lipinski definition) is 2. The molecule has 102 valence electrons. The van der Waals surface area contributed by atoms with Gasteiger partial charge in [0.2, 0.25) is 0 Å². The molecule has 0 spiro atoms. The van der Waals surface area contributed by atoms with E-state index in [2.05, 4.69) is 52.8 Å². The van der Waals surface area contributed by atoms with Crippen molar-refractivity contribution >= 4 is 12.0 Å². The lowest BCUT2D eigenvalue weighted by molar-refractivity contribution is 0.435. The molecule has 3 nitrogen and oxygen atoms in total. The summed E-state index contributed by atoms with van der Waals surface area (Å²) < 4.78 is 0. The van der Waals surface area contributed by atoms with Crippen molar-refractivity contribution < 1.29 is 0 Å². The SMILES string of the molecule is C=CCCN(/C=N/N1CCc2ccccc21)CCC. The molecule has 0 N–H and O–H groups in total. The van der Waals surface area contributed by atoms with Gasteiger partial charge < -0.3 is 4.90 Å². The predicted octanol–water partition coefficient (Wildman–Crippen LogP) is 3.28. The van der Waals surface area contributed by atoms with Gasteiger partial charge in [0.05, 0.1) is 5.69 Å². The number of rotatable bonds is 7. The summed E-state index contributed by atoms with van der Waals surface area (Å²) >= 11 is 0. The second-order valence-corrected chi connectivity index (χ2v) is 4.85. The van der Waals surface area contributed by atoms with Gasteiger partial charge in [-0.2, -0.15) is 5.10 Å². The van der Waals surface area contributed by atoms with E-state index < -0.39 is 0 Å². The molecule has 1 aromatic carbocycles. The van der Waals surface area contributed by atoms with Crippen molar-refractivity contribution in [3.63, 3.8) is 0 Å². The molecule has 3 heteroatoms. The molecule has 0 radical (unpaired) electrons. The zero-order chi connectivity index (χ0) is 13.5. The van der Waals surface area contributed by atoms with Crippen LogP contribution in [0.3, 0.4) is 0 Å². The molecule has 1 aliphatic heterocycles. The van der Waals surface area contributed by atoms with Gasteiger partial charge in [0.15, 0.2) is 0 Å². The average Bonchev–Trinajstić information content (AvgIpc) is 2.85. The summed E-state index contributed by atoms with van der Waals surface area (Å²) in [5, 5.41) is 6.74. The lowest BCUT2D eigenvalue weighted by Crippen LogP contribution is -2.26. The molecule has 0 unspecified atom stereocenters. The Hall–Kier alpha value is -1.77. The fourth-order valence-corrected chi connectivity index (χ4v) is 2.35. The predicted molar refractivity (Wildman–Crippen MR) is 82.7 cm³/mol. The summed E-state index contributed by atoms with van der Waals surface area (Å²) in [6.45, 7) is 9.00. The molecule has 1 aliphatic rings. The van der Waals surface area contributed by atoms with Gasteiger partial charge >= 0.3 is 0 Å². The van der Waals surface area contributed by atoms with Gasteiger partial charge in [-0.05, 0) is 30.9 Å². The largest absolute Gasteiger partial charge is 0.361 e. The van der Waals surface area contributed by atoms with E-state index in [1.165, 1.54) is 11.3 Å². The summed E-state index contributed by atoms with van der Waals surface area (Å²) in [5.41, 5.74) is 2.65. The summed E-state index contributed by atoms with van der Waals surface area (Å²) in [6, 6.07) is 8.51. The number of para-hydroxylation sites is 1. The quantitative estimate of drug-likeness (QED) is 0.424. The fourth-order valence-electron chi connectivity index (χ4n) is 2.35. The summed E-state index contributed by atoms with van der Waals surface area (Å²) in [6.07, 6.45) is 7.17. The smallest absolute Gasteiger partial charge is 0.111 e. The van der Waals surface area contributed by atoms with Crippen LogP contribution in [-0.4, -0.2) is 30.9 Å². The maximum Gasteiger partial charge on any atom is 0.111 e. The Labute approximate surface area is 116 Å². The molecule has 1 aromatic rings. The minimum absolute atomic E-state index is 0.983. The molecular formula is C16H23N3. The van der Waals surface area contributed by atoms with Gasteiger partial charge in [0.1, 0.15) is 6.34 Å². The van der Waals surface area contributed by atoms with Crippen LogP contribution >= 0.6 is 0 Å². The van der Waals surface area contributed by atoms with Crippen LogP contribution in [0.5, 0.6) is 0 Å². The van der Waals surface area contributed by atoms with Crippen molar-refractivity contribution in [1.82, 2.24) is 4.90 Å². The number of fused-ring (bicyclic) bond motifs is 1. The highest BCUT2D eigenvalue weighted by Crippen LogP contribution is 2.27. The first-order valence-corrected chi connectivity index (χ1v) is 7.09. The third-order valence-electron chi connectivity index (χ3n) is 3.35. The van der Waals surface area contributed by atoms with E-state index in [-0.39, 0.29) is 0 Å². The number of anilines is 1. The minimum Gasteiger partial charge on any atom is -0.361 e. The highest BCUT2D eigenvalue weighted by Gasteiger charge is 2.17. The first-order chi connectivity index (χ1) is 9.35. The molecule has 1 heterocycles. The van der Waals surface area contributed by atoms with E-state index in [1.807, 2.05) is 12.4 Å². The fraction of sp³-hybridized carbons (Fsp3) is 0.438. The first kappa shape index (κ1) is 13.7. The normalized spacial score (nSPS) is 13.8. The van der Waals surface area contributed by atoms with E-state index in [0.29, 0.717) is 0 Å². The summed E-state index contributed by atoms with van der Waals surface area (Å²) in [5.74, 6) is 0. The Morgan fingerprint density at radius 1 is 1.37 bits per heavy atom. The molecule has 0 bridgehead atoms. The Bertz CT molecular complexity index is 439. The molecule has 0 aromatic heterocycles. The van der Waals surface area contributed by atoms with E-state index >= 15 is 0 Å². The number of hydrogen-bond donors (Lipinski definition) is 0. The van der Waals surface area contributed by atoms with Crippen molar-refractivity contribution in [1.29, 1.82) is 0 Å². The van der Waals surface area contributed by atoms with Crippen LogP contribution in [0.25, 0.3) is 0 Å². The standard InChI is InChI=1S/C16H23N3/c1-3-5-12-18(11-4-2)14-17-19-13-10-15-8-6-7-9-16(15)19/h3,6-9,14H,1,4-5,10-13H2,2H3/b17-14+. The molecule has 0 fully saturated rings. The first-order valence-electron chi connectivity index (χ1n) is 7.09. The van der Waals surface area contributed by atoms with Crippen LogP contribution in [0.1, 0.15) is 25.3 Å². The van der Waals surface area contributed by atoms with E-state index in [4.69, 9.17) is 0 Å². The Morgan fingerprint density at radius 2 is 2.21 bits per heavy atom. The summed E-state index contributed by atoms with van der Waals surface area (Å²) in [4.78, 5) is 2.27. The highest BCUT2D eigenvalue weighted by atomic mass is 15.5. The Balaban J connectivity index is 1.99. The van der Waals surface area contributed by atoms with E-state index in [9.17, 15) is 0 Å². The van der Waals surface area contributed by atoms with Crippen LogP contribution in [-0.2, 0) is 6.42 Å². The van der Waals surface area contributed by atoms with Crippen molar-refractivity contribution in [3.05, 3.63) is 42.5 Å². The zero-order valence-electron chi connectivity index (χ0n) is 11.8. The van der Waals surface area contributed by atoms with Crippen LogP contribution in [0.15, 0.2) is 42.0 Å². The number of nitrogens with zero attached hydrogens (tertiary/aromatic N) is 3. The van der Waals surface area contributed by atoms with Crippen LogP contribution < -0.4 is 5.01 Å². The van der Waals surface area contributed by atoms with E-state index in [1.54, 1.807) is 0 Å². The summed E-state index contributed by atoms with van der Waals surface area (Å²) in [7, 11) is 0. The Kier molecular flexibility index (Phi) is 5.01. The van der Waals surface area contributed by atoms with Gasteiger partial charge in [-0.25, -0.2) is 0 Å². The van der Waals surface area contributed by atoms with Crippen molar-refractivity contribution in [2.45, 2.75) is 26.2 Å². The molecule has 0 atom stereocenters. The lowest BCUT2D eigenvalue weighted by Gasteiger charge is -2.20. The molecule has 0 saturated heterocycles. The van der Waals surface area contributed by atoms with Crippen LogP contribution in [0.4, 0.5) is 5.69 Å². The highest BCUT2D eigenvalue weighted by molar-refractivity contribution is 5.62. The van der Waals surface area contributed by atoms with Crippen molar-refractivity contribution in [2.24, 2.45) is 5.10 Å². The van der Waals surface area contributed by atoms with Gasteiger partial charge in [-0.15, -0.1) is 6.58 Å². The Morgan fingerprint density at radius 3 is 3.00 bits per heavy atom. The molecule has 19 heavy (non-hydrogen) atoms. The van der Waals surface area contributed by atoms with Gasteiger partial charge in [-0.1, -0.05) is 31.2 Å². The molecule has 0 saturated carbocycles. The number of hydrazone groups is 1. The second kappa shape index (κ2) is 6.98. The van der Waals surface area contributed by atoms with Crippen LogP contribution in [0.2, 0.25) is 0 Å². The minimum atomic E-state index is 0.983. The topological polar surface area (TPSA) is 18.8 Å². The zero-order valence-corrected chi connectivity index (χ0v) is 11.8. The third kappa shape index (κ3) is 3.60. The van der Waals surface area contributed by atoms with Crippen molar-refractivity contribution in [2.75, 3.05) is 24.6 Å². The maximum atomic E-state index is 4.64. The molecule has 2 rings (SSSR count). The molecule has 0 aliphatic carbocycles. The molecule has 0 amide bonds. The number of benzene rings is 1. The third-order valence-corrected chi connectivity index (χ3v) is 3.35. The van der Waals surface area contributed by atoms with Gasteiger partial charge in [0.25, 0.3) is 0 Å².